The molecule has 0 aliphatic rings. The molecule has 0 atom stereocenters. The van der Waals surface area contributed by atoms with E-state index in [0.29, 0.717) is 5.16 Å². The first-order chi connectivity index (χ1) is 4.04. The second-order valence-electron chi connectivity index (χ2n) is 1.97. The monoisotopic (exact) mass is 147 g/mol. The normalized spacial score (nSPS) is 11.3. The summed E-state index contributed by atoms with van der Waals surface area (Å²) in [5.41, 5.74) is 0. The quantitative estimate of drug-likeness (QED) is 0.433. The Kier molecular flexibility index (Phi) is 3.32. The number of carbonyl (C=O) groups is 1. The Balaban J connectivity index is 4.00. The molecule has 0 aromatic heterocycles. The summed E-state index contributed by atoms with van der Waals surface area (Å²) in [4.78, 5) is 12.0. The van der Waals surface area contributed by atoms with Crippen LogP contribution in [0.2, 0.25) is 0 Å². The summed E-state index contributed by atoms with van der Waals surface area (Å²) in [5, 5.41) is 0.461. The van der Waals surface area contributed by atoms with Crippen LogP contribution in [0.4, 0.5) is 0 Å². The van der Waals surface area contributed by atoms with Crippen molar-refractivity contribution in [2.75, 3.05) is 14.1 Å². The average molecular weight is 148 g/mol. The summed E-state index contributed by atoms with van der Waals surface area (Å²) >= 11 is 5.58. The van der Waals surface area contributed by atoms with E-state index in [1.54, 1.807) is 19.0 Å². The Morgan fingerprint density at radius 3 is 2.11 bits per heavy atom. The fourth-order valence-electron chi connectivity index (χ4n) is 0.297. The molecule has 0 fully saturated rings. The van der Waals surface area contributed by atoms with Crippen molar-refractivity contribution in [1.29, 1.82) is 0 Å². The highest BCUT2D eigenvalue weighted by Crippen LogP contribution is 2.02. The van der Waals surface area contributed by atoms with Crippen LogP contribution in [0, 0.1) is 0 Å². The number of rotatable bonds is 2. The van der Waals surface area contributed by atoms with Crippen LogP contribution in [0.15, 0.2) is 11.2 Å². The van der Waals surface area contributed by atoms with E-state index in [1.807, 2.05) is 0 Å². The number of hydrogen-bond acceptors (Lipinski definition) is 2. The third-order valence-corrected chi connectivity index (χ3v) is 1.20. The summed E-state index contributed by atoms with van der Waals surface area (Å²) in [7, 11) is 3.56. The molecule has 9 heavy (non-hydrogen) atoms. The van der Waals surface area contributed by atoms with Crippen molar-refractivity contribution in [3.63, 3.8) is 0 Å². The molecule has 0 aliphatic heterocycles. The highest BCUT2D eigenvalue weighted by atomic mass is 35.5. The fourth-order valence-corrected chi connectivity index (χ4v) is 0.450. The van der Waals surface area contributed by atoms with Gasteiger partial charge in [0, 0.05) is 20.2 Å². The van der Waals surface area contributed by atoms with Crippen molar-refractivity contribution in [3.8, 4) is 0 Å². The van der Waals surface area contributed by atoms with E-state index in [2.05, 4.69) is 0 Å². The lowest BCUT2D eigenvalue weighted by molar-refractivity contribution is -0.112. The topological polar surface area (TPSA) is 20.3 Å². The van der Waals surface area contributed by atoms with E-state index in [1.165, 1.54) is 13.0 Å². The predicted octanol–water partition coefficient (Wildman–Crippen LogP) is 1.22. The van der Waals surface area contributed by atoms with E-state index in [9.17, 15) is 4.79 Å². The number of allylic oxidation sites excluding steroid dienone is 1. The molecule has 0 aromatic carbocycles. The maximum atomic E-state index is 10.4. The highest BCUT2D eigenvalue weighted by molar-refractivity contribution is 6.30. The van der Waals surface area contributed by atoms with Crippen molar-refractivity contribution in [2.45, 2.75) is 6.92 Å². The molecule has 0 unspecified atom stereocenters. The molecule has 3 heteroatoms. The molecule has 0 amide bonds. The molecule has 0 aliphatic carbocycles. The largest absolute Gasteiger partial charge is 0.368 e. The minimum Gasteiger partial charge on any atom is -0.368 e. The van der Waals surface area contributed by atoms with Gasteiger partial charge in [-0.15, -0.1) is 0 Å². The predicted molar refractivity (Wildman–Crippen MR) is 38.3 cm³/mol. The average Bonchev–Trinajstić information content (AvgIpc) is 1.63. The number of ketones is 1. The molecule has 0 spiro atoms. The van der Waals surface area contributed by atoms with Gasteiger partial charge in [0.25, 0.3) is 0 Å². The van der Waals surface area contributed by atoms with E-state index in [4.69, 9.17) is 11.6 Å². The van der Waals surface area contributed by atoms with E-state index in [0.717, 1.165) is 0 Å². The van der Waals surface area contributed by atoms with Gasteiger partial charge in [-0.3, -0.25) is 4.79 Å². The maximum absolute atomic E-state index is 10.4. The van der Waals surface area contributed by atoms with Gasteiger partial charge in [-0.2, -0.15) is 0 Å². The second kappa shape index (κ2) is 3.51. The summed E-state index contributed by atoms with van der Waals surface area (Å²) in [6.07, 6.45) is 1.38. The summed E-state index contributed by atoms with van der Waals surface area (Å²) in [6, 6.07) is 0. The number of carbonyl (C=O) groups excluding carboxylic acids is 1. The van der Waals surface area contributed by atoms with Crippen LogP contribution in [0.3, 0.4) is 0 Å². The zero-order valence-corrected chi connectivity index (χ0v) is 6.57. The van der Waals surface area contributed by atoms with Crippen LogP contribution in [-0.4, -0.2) is 24.8 Å². The SMILES string of the molecule is CC(=O)/C=C(\Cl)N(C)C. The van der Waals surface area contributed by atoms with Gasteiger partial charge in [-0.1, -0.05) is 11.6 Å². The van der Waals surface area contributed by atoms with Crippen LogP contribution in [0.25, 0.3) is 0 Å². The number of nitrogens with zero attached hydrogens (tertiary/aromatic N) is 1. The molecule has 0 bridgehead atoms. The Morgan fingerprint density at radius 2 is 2.00 bits per heavy atom. The summed E-state index contributed by atoms with van der Waals surface area (Å²) < 4.78 is 0. The molecule has 0 N–H and O–H groups in total. The van der Waals surface area contributed by atoms with Crippen molar-refractivity contribution in [2.24, 2.45) is 0 Å². The van der Waals surface area contributed by atoms with Gasteiger partial charge in [0.1, 0.15) is 5.16 Å². The highest BCUT2D eigenvalue weighted by Gasteiger charge is 1.94. The first kappa shape index (κ1) is 8.50. The molecular weight excluding hydrogens is 138 g/mol. The lowest BCUT2D eigenvalue weighted by atomic mass is 10.4. The smallest absolute Gasteiger partial charge is 0.155 e. The van der Waals surface area contributed by atoms with Crippen molar-refractivity contribution < 1.29 is 4.79 Å². The minimum atomic E-state index is -0.0336. The van der Waals surface area contributed by atoms with E-state index in [-0.39, 0.29) is 5.78 Å². The molecule has 52 valence electrons. The molecule has 0 aromatic rings. The van der Waals surface area contributed by atoms with Crippen LogP contribution in [0.5, 0.6) is 0 Å². The van der Waals surface area contributed by atoms with Crippen LogP contribution >= 0.6 is 11.6 Å². The standard InChI is InChI=1S/C6H10ClNO/c1-5(9)4-6(7)8(2)3/h4H,1-3H3/b6-4+. The third-order valence-electron chi connectivity index (χ3n) is 0.750. The Hall–Kier alpha value is -0.500. The molecule has 0 saturated carbocycles. The summed E-state index contributed by atoms with van der Waals surface area (Å²) in [6.45, 7) is 1.46. The van der Waals surface area contributed by atoms with Gasteiger partial charge in [-0.05, 0) is 6.92 Å². The van der Waals surface area contributed by atoms with Gasteiger partial charge >= 0.3 is 0 Å². The second-order valence-corrected chi connectivity index (χ2v) is 2.36. The number of hydrogen-bond donors (Lipinski definition) is 0. The molecule has 0 rings (SSSR count). The first-order valence-corrected chi connectivity index (χ1v) is 2.97. The molecule has 0 radical (unpaired) electrons. The van der Waals surface area contributed by atoms with Gasteiger partial charge < -0.3 is 4.90 Å². The fraction of sp³-hybridized carbons (Fsp3) is 0.500. The number of halogens is 1. The van der Waals surface area contributed by atoms with Crippen LogP contribution < -0.4 is 0 Å². The minimum absolute atomic E-state index is 0.0336. The van der Waals surface area contributed by atoms with Crippen molar-refractivity contribution in [3.05, 3.63) is 11.2 Å². The Labute approximate surface area is 60.1 Å². The van der Waals surface area contributed by atoms with Gasteiger partial charge in [-0.25, -0.2) is 0 Å². The van der Waals surface area contributed by atoms with Crippen molar-refractivity contribution in [1.82, 2.24) is 4.90 Å². The third kappa shape index (κ3) is 4.03. The first-order valence-electron chi connectivity index (χ1n) is 2.59. The van der Waals surface area contributed by atoms with E-state index < -0.39 is 0 Å². The Morgan fingerprint density at radius 1 is 1.56 bits per heavy atom. The van der Waals surface area contributed by atoms with Gasteiger partial charge in [0.05, 0.1) is 0 Å². The molecule has 2 nitrogen and oxygen atoms in total. The molecular formula is C6H10ClNO. The van der Waals surface area contributed by atoms with Gasteiger partial charge in [0.15, 0.2) is 5.78 Å². The van der Waals surface area contributed by atoms with Crippen LogP contribution in [-0.2, 0) is 4.79 Å². The lowest BCUT2D eigenvalue weighted by Crippen LogP contribution is -2.07. The lowest BCUT2D eigenvalue weighted by Gasteiger charge is -2.08. The van der Waals surface area contributed by atoms with Crippen molar-refractivity contribution >= 4 is 17.4 Å². The zero-order chi connectivity index (χ0) is 7.44. The van der Waals surface area contributed by atoms with Gasteiger partial charge in [0.2, 0.25) is 0 Å². The van der Waals surface area contributed by atoms with E-state index >= 15 is 0 Å². The zero-order valence-electron chi connectivity index (χ0n) is 5.81. The molecule has 0 heterocycles. The molecule has 0 saturated heterocycles. The summed E-state index contributed by atoms with van der Waals surface area (Å²) in [5.74, 6) is -0.0336. The maximum Gasteiger partial charge on any atom is 0.155 e. The Bertz CT molecular complexity index is 140. The van der Waals surface area contributed by atoms with Crippen LogP contribution in [0.1, 0.15) is 6.92 Å².